The number of benzene rings is 1. The number of aromatic nitrogens is 1. The smallest absolute Gasteiger partial charge is 0.308 e. The molecule has 0 fully saturated rings. The number of esters is 1. The second-order valence-corrected chi connectivity index (χ2v) is 4.90. The zero-order valence-electron chi connectivity index (χ0n) is 12.1. The molecule has 3 aromatic rings. The number of carbonyl (C=O) groups excluding carboxylic acids is 1. The Hall–Kier alpha value is -2.95. The van der Waals surface area contributed by atoms with E-state index in [1.165, 1.54) is 13.2 Å². The van der Waals surface area contributed by atoms with Crippen molar-refractivity contribution < 1.29 is 13.9 Å². The number of nitrogens with zero attached hydrogens (tertiary/aromatic N) is 1. The largest absolute Gasteiger partial charge is 0.463 e. The molecular weight excluding hydrogens is 282 g/mol. The van der Waals surface area contributed by atoms with Crippen LogP contribution >= 0.6 is 0 Å². The van der Waals surface area contributed by atoms with Crippen molar-refractivity contribution in [1.29, 1.82) is 0 Å². The summed E-state index contributed by atoms with van der Waals surface area (Å²) in [7, 11) is 0. The van der Waals surface area contributed by atoms with Gasteiger partial charge in [0, 0.05) is 19.2 Å². The number of hydrogen-bond donors (Lipinski definition) is 0. The third-order valence-electron chi connectivity index (χ3n) is 3.26. The van der Waals surface area contributed by atoms with Crippen molar-refractivity contribution in [2.24, 2.45) is 0 Å². The van der Waals surface area contributed by atoms with Gasteiger partial charge in [0.1, 0.15) is 17.6 Å². The molecule has 0 atom stereocenters. The maximum absolute atomic E-state index is 12.6. The average Bonchev–Trinajstić information content (AvgIpc) is 2.50. The maximum Gasteiger partial charge on any atom is 0.308 e. The minimum Gasteiger partial charge on any atom is -0.463 e. The van der Waals surface area contributed by atoms with Crippen LogP contribution in [0.5, 0.6) is 5.75 Å². The summed E-state index contributed by atoms with van der Waals surface area (Å²) >= 11 is 0. The van der Waals surface area contributed by atoms with Crippen LogP contribution in [-0.2, 0) is 4.79 Å². The average molecular weight is 295 g/mol. The van der Waals surface area contributed by atoms with Crippen LogP contribution < -0.4 is 10.2 Å². The monoisotopic (exact) mass is 295 g/mol. The molecule has 0 bridgehead atoms. The molecule has 22 heavy (non-hydrogen) atoms. The molecular formula is C17H13NO4. The van der Waals surface area contributed by atoms with Crippen LogP contribution in [0, 0.1) is 6.92 Å². The molecule has 0 unspecified atom stereocenters. The summed E-state index contributed by atoms with van der Waals surface area (Å²) in [5.41, 5.74) is 1.84. The second-order valence-electron chi connectivity index (χ2n) is 4.90. The lowest BCUT2D eigenvalue weighted by Gasteiger charge is -2.07. The van der Waals surface area contributed by atoms with Crippen molar-refractivity contribution in [1.82, 2.24) is 4.98 Å². The van der Waals surface area contributed by atoms with Gasteiger partial charge in [-0.2, -0.15) is 0 Å². The molecule has 0 amide bonds. The van der Waals surface area contributed by atoms with E-state index in [4.69, 9.17) is 9.15 Å². The highest BCUT2D eigenvalue weighted by Crippen LogP contribution is 2.26. The van der Waals surface area contributed by atoms with Crippen LogP contribution in [0.4, 0.5) is 0 Å². The van der Waals surface area contributed by atoms with E-state index in [-0.39, 0.29) is 5.43 Å². The SMILES string of the molecule is CC(=O)Oc1cc2occ(-c3ccccn3)c(=O)c2cc1C. The predicted octanol–water partition coefficient (Wildman–Crippen LogP) is 3.09. The molecule has 5 heteroatoms. The Kier molecular flexibility index (Phi) is 3.47. The highest BCUT2D eigenvalue weighted by Gasteiger charge is 2.13. The quantitative estimate of drug-likeness (QED) is 0.536. The van der Waals surface area contributed by atoms with Crippen LogP contribution in [0.1, 0.15) is 12.5 Å². The molecule has 2 aromatic heterocycles. The fraction of sp³-hybridized carbons (Fsp3) is 0.118. The van der Waals surface area contributed by atoms with Gasteiger partial charge in [-0.05, 0) is 30.7 Å². The van der Waals surface area contributed by atoms with E-state index in [0.29, 0.717) is 33.5 Å². The minimum atomic E-state index is -0.421. The Balaban J connectivity index is 2.20. The fourth-order valence-electron chi connectivity index (χ4n) is 2.23. The summed E-state index contributed by atoms with van der Waals surface area (Å²) in [6.45, 7) is 3.09. The number of pyridine rings is 1. The first-order valence-corrected chi connectivity index (χ1v) is 6.72. The lowest BCUT2D eigenvalue weighted by atomic mass is 10.1. The van der Waals surface area contributed by atoms with E-state index in [0.717, 1.165) is 0 Å². The number of carbonyl (C=O) groups is 1. The molecule has 5 nitrogen and oxygen atoms in total. The summed E-state index contributed by atoms with van der Waals surface area (Å²) in [5, 5.41) is 0.427. The first-order chi connectivity index (χ1) is 10.6. The third-order valence-corrected chi connectivity index (χ3v) is 3.26. The van der Waals surface area contributed by atoms with Gasteiger partial charge in [-0.15, -0.1) is 0 Å². The molecule has 110 valence electrons. The Morgan fingerprint density at radius 2 is 2.09 bits per heavy atom. The van der Waals surface area contributed by atoms with Crippen molar-refractivity contribution in [3.8, 4) is 17.0 Å². The van der Waals surface area contributed by atoms with Crippen LogP contribution in [0.3, 0.4) is 0 Å². The number of aryl methyl sites for hydroxylation is 1. The predicted molar refractivity (Wildman–Crippen MR) is 81.8 cm³/mol. The highest BCUT2D eigenvalue weighted by atomic mass is 16.5. The Morgan fingerprint density at radius 3 is 2.77 bits per heavy atom. The number of ether oxygens (including phenoxy) is 1. The topological polar surface area (TPSA) is 69.4 Å². The van der Waals surface area contributed by atoms with Crippen molar-refractivity contribution in [2.45, 2.75) is 13.8 Å². The summed E-state index contributed by atoms with van der Waals surface area (Å²) in [4.78, 5) is 27.9. The third kappa shape index (κ3) is 2.48. The lowest BCUT2D eigenvalue weighted by molar-refractivity contribution is -0.131. The molecule has 1 aromatic carbocycles. The van der Waals surface area contributed by atoms with E-state index >= 15 is 0 Å². The van der Waals surface area contributed by atoms with Gasteiger partial charge in [-0.1, -0.05) is 6.07 Å². The molecule has 0 aliphatic carbocycles. The number of rotatable bonds is 2. The summed E-state index contributed by atoms with van der Waals surface area (Å²) in [6.07, 6.45) is 2.99. The van der Waals surface area contributed by atoms with Crippen molar-refractivity contribution in [3.63, 3.8) is 0 Å². The highest BCUT2D eigenvalue weighted by molar-refractivity contribution is 5.84. The Bertz CT molecular complexity index is 913. The number of hydrogen-bond acceptors (Lipinski definition) is 5. The van der Waals surface area contributed by atoms with Crippen LogP contribution in [0.25, 0.3) is 22.2 Å². The van der Waals surface area contributed by atoms with Gasteiger partial charge >= 0.3 is 5.97 Å². The van der Waals surface area contributed by atoms with Crippen LogP contribution in [-0.4, -0.2) is 11.0 Å². The lowest BCUT2D eigenvalue weighted by Crippen LogP contribution is -2.07. The van der Waals surface area contributed by atoms with Gasteiger partial charge in [0.15, 0.2) is 0 Å². The molecule has 0 aliphatic rings. The molecule has 0 N–H and O–H groups in total. The second kappa shape index (κ2) is 5.44. The molecule has 0 spiro atoms. The van der Waals surface area contributed by atoms with Gasteiger partial charge in [0.25, 0.3) is 0 Å². The van der Waals surface area contributed by atoms with Gasteiger partial charge in [0.2, 0.25) is 5.43 Å². The molecule has 0 saturated heterocycles. The van der Waals surface area contributed by atoms with Gasteiger partial charge < -0.3 is 9.15 Å². The fourth-order valence-corrected chi connectivity index (χ4v) is 2.23. The molecule has 0 radical (unpaired) electrons. The summed E-state index contributed by atoms with van der Waals surface area (Å²) in [5.74, 6) is -0.0383. The van der Waals surface area contributed by atoms with Crippen LogP contribution in [0.15, 0.2) is 52.0 Å². The summed E-state index contributed by atoms with van der Waals surface area (Å²) < 4.78 is 10.6. The molecule has 0 aliphatic heterocycles. The normalized spacial score (nSPS) is 10.6. The number of fused-ring (bicyclic) bond motifs is 1. The van der Waals surface area contributed by atoms with E-state index in [9.17, 15) is 9.59 Å². The van der Waals surface area contributed by atoms with Crippen molar-refractivity contribution in [2.75, 3.05) is 0 Å². The Labute approximate surface area is 126 Å². The van der Waals surface area contributed by atoms with E-state index in [1.807, 2.05) is 0 Å². The molecule has 2 heterocycles. The van der Waals surface area contributed by atoms with E-state index < -0.39 is 5.97 Å². The van der Waals surface area contributed by atoms with Gasteiger partial charge in [0.05, 0.1) is 16.6 Å². The van der Waals surface area contributed by atoms with Crippen LogP contribution in [0.2, 0.25) is 0 Å². The van der Waals surface area contributed by atoms with E-state index in [2.05, 4.69) is 4.98 Å². The van der Waals surface area contributed by atoms with E-state index in [1.54, 1.807) is 43.5 Å². The zero-order valence-corrected chi connectivity index (χ0v) is 12.1. The first-order valence-electron chi connectivity index (χ1n) is 6.72. The first kappa shape index (κ1) is 14.0. The molecule has 3 rings (SSSR count). The summed E-state index contributed by atoms with van der Waals surface area (Å²) in [6, 6.07) is 8.54. The van der Waals surface area contributed by atoms with Gasteiger partial charge in [-0.3, -0.25) is 14.6 Å². The van der Waals surface area contributed by atoms with Gasteiger partial charge in [-0.25, -0.2) is 0 Å². The Morgan fingerprint density at radius 1 is 1.27 bits per heavy atom. The minimum absolute atomic E-state index is 0.169. The van der Waals surface area contributed by atoms with Crippen molar-refractivity contribution >= 4 is 16.9 Å². The zero-order chi connectivity index (χ0) is 15.7. The maximum atomic E-state index is 12.6. The standard InChI is InChI=1S/C17H13NO4/c1-10-7-12-16(8-15(10)22-11(2)19)21-9-13(17(12)20)14-5-3-4-6-18-14/h3-9H,1-2H3. The van der Waals surface area contributed by atoms with Crippen molar-refractivity contribution in [3.05, 3.63) is 58.6 Å². The molecule has 0 saturated carbocycles.